The van der Waals surface area contributed by atoms with E-state index in [0.717, 1.165) is 13.8 Å². The van der Waals surface area contributed by atoms with Gasteiger partial charge in [-0.15, -0.1) is 0 Å². The van der Waals surface area contributed by atoms with E-state index in [1.807, 2.05) is 0 Å². The van der Waals surface area contributed by atoms with Crippen LogP contribution < -0.4 is 0 Å². The number of halogens is 4. The van der Waals surface area contributed by atoms with E-state index in [-0.39, 0.29) is 0 Å². The highest BCUT2D eigenvalue weighted by Crippen LogP contribution is 2.23. The fourth-order valence-corrected chi connectivity index (χ4v) is 0.523. The van der Waals surface area contributed by atoms with E-state index in [2.05, 4.69) is 9.47 Å². The lowest BCUT2D eigenvalue weighted by molar-refractivity contribution is -0.134. The summed E-state index contributed by atoms with van der Waals surface area (Å²) in [6, 6.07) is 0. The largest absolute Gasteiger partial charge is 0.509 e. The molecule has 2 unspecified atom stereocenters. The van der Waals surface area contributed by atoms with Crippen LogP contribution >= 0.6 is 0 Å². The van der Waals surface area contributed by atoms with Crippen LogP contribution in [0.15, 0.2) is 0 Å². The second kappa shape index (κ2) is 4.88. The van der Waals surface area contributed by atoms with Crippen LogP contribution in [0.3, 0.4) is 0 Å². The molecule has 16 heavy (non-hydrogen) atoms. The maximum absolute atomic E-state index is 12.6. The topological polar surface area (TPSA) is 35.5 Å². The number of hydrogen-bond acceptors (Lipinski definition) is 3. The van der Waals surface area contributed by atoms with Crippen molar-refractivity contribution in [3.63, 3.8) is 0 Å². The first-order chi connectivity index (χ1) is 6.94. The van der Waals surface area contributed by atoms with Crippen LogP contribution in [0.2, 0.25) is 0 Å². The van der Waals surface area contributed by atoms with E-state index in [4.69, 9.17) is 0 Å². The van der Waals surface area contributed by atoms with Crippen molar-refractivity contribution in [2.24, 2.45) is 0 Å². The number of ether oxygens (including phenoxy) is 2. The number of alkyl halides is 4. The molecule has 0 N–H and O–H groups in total. The molecule has 0 saturated carbocycles. The molecule has 0 bridgehead atoms. The molecule has 0 amide bonds. The van der Waals surface area contributed by atoms with Gasteiger partial charge in [-0.1, -0.05) is 0 Å². The molecule has 2 atom stereocenters. The van der Waals surface area contributed by atoms with Gasteiger partial charge < -0.3 is 9.47 Å². The zero-order valence-corrected chi connectivity index (χ0v) is 9.39. The highest BCUT2D eigenvalue weighted by molar-refractivity contribution is 5.60. The molecule has 7 heteroatoms. The molecule has 0 spiro atoms. The summed E-state index contributed by atoms with van der Waals surface area (Å²) >= 11 is 0. The Morgan fingerprint density at radius 1 is 0.938 bits per heavy atom. The molecule has 96 valence electrons. The summed E-state index contributed by atoms with van der Waals surface area (Å²) in [4.78, 5) is 10.8. The number of hydrogen-bond donors (Lipinski definition) is 0. The van der Waals surface area contributed by atoms with Crippen LogP contribution in [0.25, 0.3) is 0 Å². The quantitative estimate of drug-likeness (QED) is 0.564. The Labute approximate surface area is 90.7 Å². The molecule has 0 aliphatic carbocycles. The number of rotatable bonds is 4. The molecule has 0 aromatic carbocycles. The average molecular weight is 246 g/mol. The van der Waals surface area contributed by atoms with Crippen LogP contribution in [0.5, 0.6) is 0 Å². The first-order valence-corrected chi connectivity index (χ1v) is 4.57. The zero-order valence-electron chi connectivity index (χ0n) is 9.39. The number of carbonyl (C=O) groups excluding carboxylic acids is 1. The summed E-state index contributed by atoms with van der Waals surface area (Å²) < 4.78 is 58.5. The van der Waals surface area contributed by atoms with Crippen LogP contribution in [0.1, 0.15) is 27.7 Å². The molecular weight excluding hydrogens is 232 g/mol. The van der Waals surface area contributed by atoms with E-state index in [9.17, 15) is 22.4 Å². The van der Waals surface area contributed by atoms with Gasteiger partial charge in [-0.05, 0) is 13.8 Å². The average Bonchev–Trinajstić information content (AvgIpc) is 1.99. The Morgan fingerprint density at radius 3 is 1.38 bits per heavy atom. The summed E-state index contributed by atoms with van der Waals surface area (Å²) in [7, 11) is 0. The molecule has 0 aromatic rings. The first kappa shape index (κ1) is 15.0. The second-order valence-electron chi connectivity index (χ2n) is 3.68. The summed E-state index contributed by atoms with van der Waals surface area (Å²) in [6.45, 7) is 2.97. The molecule has 0 aliphatic rings. The summed E-state index contributed by atoms with van der Waals surface area (Å²) in [5.41, 5.74) is 0. The van der Waals surface area contributed by atoms with Gasteiger partial charge in [-0.3, -0.25) is 0 Å². The third-order valence-electron chi connectivity index (χ3n) is 1.97. The molecular formula is C9H14F4O3. The zero-order chi connectivity index (χ0) is 13.1. The van der Waals surface area contributed by atoms with Gasteiger partial charge in [0.1, 0.15) is 0 Å². The van der Waals surface area contributed by atoms with Crippen LogP contribution in [0, 0.1) is 0 Å². The molecule has 0 aliphatic heterocycles. The smallest absolute Gasteiger partial charge is 0.425 e. The van der Waals surface area contributed by atoms with E-state index >= 15 is 0 Å². The van der Waals surface area contributed by atoms with Crippen molar-refractivity contribution in [1.29, 1.82) is 0 Å². The van der Waals surface area contributed by atoms with Crippen molar-refractivity contribution >= 4 is 6.16 Å². The molecule has 3 nitrogen and oxygen atoms in total. The van der Waals surface area contributed by atoms with Gasteiger partial charge in [0.05, 0.1) is 0 Å². The molecule has 0 saturated heterocycles. The van der Waals surface area contributed by atoms with Crippen molar-refractivity contribution < 1.29 is 31.8 Å². The second-order valence-corrected chi connectivity index (χ2v) is 3.68. The van der Waals surface area contributed by atoms with Crippen molar-refractivity contribution in [3.8, 4) is 0 Å². The normalized spacial score (nSPS) is 16.5. The van der Waals surface area contributed by atoms with Crippen molar-refractivity contribution in [3.05, 3.63) is 0 Å². The fraction of sp³-hybridized carbons (Fsp3) is 0.889. The van der Waals surface area contributed by atoms with E-state index in [1.165, 1.54) is 0 Å². The van der Waals surface area contributed by atoms with Gasteiger partial charge in [0.2, 0.25) is 0 Å². The molecule has 0 aromatic heterocycles. The Bertz CT molecular complexity index is 220. The molecule has 0 heterocycles. The Morgan fingerprint density at radius 2 is 1.19 bits per heavy atom. The van der Waals surface area contributed by atoms with E-state index in [1.54, 1.807) is 0 Å². The lowest BCUT2D eigenvalue weighted by Gasteiger charge is -2.22. The van der Waals surface area contributed by atoms with Gasteiger partial charge in [0.15, 0.2) is 12.2 Å². The third-order valence-corrected chi connectivity index (χ3v) is 1.97. The predicted octanol–water partition coefficient (Wildman–Crippen LogP) is 3.23. The maximum atomic E-state index is 12.6. The van der Waals surface area contributed by atoms with Gasteiger partial charge in [-0.2, -0.15) is 0 Å². The summed E-state index contributed by atoms with van der Waals surface area (Å²) in [6.07, 6.45) is -5.02. The standard InChI is InChI=1S/C9H14F4O3/c1-5(8(3,10)11)15-7(14)16-6(2)9(4,12)13/h5-6H,1-4H3. The minimum absolute atomic E-state index is 0.544. The highest BCUT2D eigenvalue weighted by Gasteiger charge is 2.37. The van der Waals surface area contributed by atoms with E-state index in [0.29, 0.717) is 13.8 Å². The predicted molar refractivity (Wildman–Crippen MR) is 47.7 cm³/mol. The number of carbonyl (C=O) groups is 1. The summed E-state index contributed by atoms with van der Waals surface area (Å²) in [5.74, 6) is -6.51. The Kier molecular flexibility index (Phi) is 4.57. The molecule has 0 radical (unpaired) electrons. The van der Waals surface area contributed by atoms with Crippen molar-refractivity contribution in [2.75, 3.05) is 0 Å². The van der Waals surface area contributed by atoms with Crippen LogP contribution in [-0.2, 0) is 9.47 Å². The van der Waals surface area contributed by atoms with Gasteiger partial charge in [0.25, 0.3) is 11.8 Å². The molecule has 0 rings (SSSR count). The molecule has 0 fully saturated rings. The van der Waals surface area contributed by atoms with Crippen molar-refractivity contribution in [2.45, 2.75) is 51.7 Å². The minimum Gasteiger partial charge on any atom is -0.425 e. The van der Waals surface area contributed by atoms with Gasteiger partial charge >= 0.3 is 6.16 Å². The van der Waals surface area contributed by atoms with Gasteiger partial charge in [-0.25, -0.2) is 22.4 Å². The SMILES string of the molecule is CC(OC(=O)OC(C)C(C)(F)F)C(C)(F)F. The monoisotopic (exact) mass is 246 g/mol. The highest BCUT2D eigenvalue weighted by atomic mass is 19.3. The summed E-state index contributed by atoms with van der Waals surface area (Å²) in [5, 5.41) is 0. The lowest BCUT2D eigenvalue weighted by Crippen LogP contribution is -2.36. The Balaban J connectivity index is 4.21. The first-order valence-electron chi connectivity index (χ1n) is 4.57. The van der Waals surface area contributed by atoms with Crippen LogP contribution in [-0.4, -0.2) is 30.2 Å². The lowest BCUT2D eigenvalue weighted by atomic mass is 10.2. The fourth-order valence-electron chi connectivity index (χ4n) is 0.523. The minimum atomic E-state index is -3.25. The van der Waals surface area contributed by atoms with E-state index < -0.39 is 30.2 Å². The third kappa shape index (κ3) is 5.18. The van der Waals surface area contributed by atoms with Crippen molar-refractivity contribution in [1.82, 2.24) is 0 Å². The Hall–Kier alpha value is -1.01. The van der Waals surface area contributed by atoms with Crippen LogP contribution in [0.4, 0.5) is 22.4 Å². The van der Waals surface area contributed by atoms with Gasteiger partial charge in [0, 0.05) is 13.8 Å². The maximum Gasteiger partial charge on any atom is 0.509 e.